The summed E-state index contributed by atoms with van der Waals surface area (Å²) in [5, 5.41) is 0. The van der Waals surface area contributed by atoms with Crippen molar-refractivity contribution in [3.8, 4) is 17.1 Å². The van der Waals surface area contributed by atoms with Gasteiger partial charge in [-0.3, -0.25) is 4.57 Å². The zero-order chi connectivity index (χ0) is 18.3. The molecule has 4 aromatic rings. The van der Waals surface area contributed by atoms with E-state index in [9.17, 15) is 0 Å². The molecule has 0 saturated heterocycles. The molecule has 0 spiro atoms. The number of fused-ring (bicyclic) bond motifs is 1. The summed E-state index contributed by atoms with van der Waals surface area (Å²) >= 11 is 0. The van der Waals surface area contributed by atoms with Gasteiger partial charge in [0.1, 0.15) is 11.3 Å². The standard InChI is InChI=1S/C22H23N3O/c1-14(2)16-7-5-8-17(15(3)4)20(16)25-12-11-23-22(25)18-9-6-10-19-21(18)26-13-24-19/h5-15H,1-4H3. The first-order chi connectivity index (χ1) is 12.6. The highest BCUT2D eigenvalue weighted by Crippen LogP contribution is 2.35. The molecule has 2 aromatic carbocycles. The predicted octanol–water partition coefficient (Wildman–Crippen LogP) is 5.93. The first-order valence-electron chi connectivity index (χ1n) is 9.07. The van der Waals surface area contributed by atoms with Gasteiger partial charge in [0.15, 0.2) is 12.0 Å². The van der Waals surface area contributed by atoms with Crippen molar-refractivity contribution in [2.45, 2.75) is 39.5 Å². The first kappa shape index (κ1) is 16.6. The SMILES string of the molecule is CC(C)c1cccc(C(C)C)c1-n1ccnc1-c1cccc2ncoc12. The predicted molar refractivity (Wildman–Crippen MR) is 105 cm³/mol. The molecule has 2 heterocycles. The van der Waals surface area contributed by atoms with Crippen LogP contribution in [0.25, 0.3) is 28.2 Å². The van der Waals surface area contributed by atoms with E-state index in [-0.39, 0.29) is 0 Å². The lowest BCUT2D eigenvalue weighted by Gasteiger charge is -2.21. The van der Waals surface area contributed by atoms with Crippen molar-refractivity contribution in [3.05, 3.63) is 66.3 Å². The van der Waals surface area contributed by atoms with Gasteiger partial charge in [0.05, 0.1) is 11.3 Å². The Balaban J connectivity index is 2.01. The topological polar surface area (TPSA) is 43.9 Å². The number of aromatic nitrogens is 3. The van der Waals surface area contributed by atoms with Gasteiger partial charge in [-0.15, -0.1) is 0 Å². The van der Waals surface area contributed by atoms with Crippen LogP contribution in [-0.2, 0) is 0 Å². The van der Waals surface area contributed by atoms with E-state index in [1.807, 2.05) is 30.6 Å². The van der Waals surface area contributed by atoms with Crippen molar-refractivity contribution in [2.24, 2.45) is 0 Å². The maximum absolute atomic E-state index is 5.65. The third-order valence-corrected chi connectivity index (χ3v) is 4.82. The smallest absolute Gasteiger partial charge is 0.182 e. The molecule has 0 unspecified atom stereocenters. The molecule has 0 aliphatic carbocycles. The summed E-state index contributed by atoms with van der Waals surface area (Å²) in [5.41, 5.74) is 6.44. The van der Waals surface area contributed by atoms with Crippen LogP contribution >= 0.6 is 0 Å². The molecular weight excluding hydrogens is 322 g/mol. The summed E-state index contributed by atoms with van der Waals surface area (Å²) < 4.78 is 7.85. The molecule has 0 atom stereocenters. The maximum atomic E-state index is 5.65. The second-order valence-electron chi connectivity index (χ2n) is 7.22. The number of para-hydroxylation sites is 2. The summed E-state index contributed by atoms with van der Waals surface area (Å²) in [5.74, 6) is 1.71. The highest BCUT2D eigenvalue weighted by molar-refractivity contribution is 5.88. The normalized spacial score (nSPS) is 11.8. The molecule has 0 aliphatic rings. The second-order valence-corrected chi connectivity index (χ2v) is 7.22. The maximum Gasteiger partial charge on any atom is 0.182 e. The number of imidazole rings is 1. The molecule has 26 heavy (non-hydrogen) atoms. The van der Waals surface area contributed by atoms with Gasteiger partial charge in [-0.05, 0) is 35.1 Å². The van der Waals surface area contributed by atoms with Crippen LogP contribution in [0.2, 0.25) is 0 Å². The Labute approximate surface area is 153 Å². The second kappa shape index (κ2) is 6.45. The number of hydrogen-bond donors (Lipinski definition) is 0. The highest BCUT2D eigenvalue weighted by Gasteiger charge is 2.20. The average Bonchev–Trinajstić information content (AvgIpc) is 3.29. The van der Waals surface area contributed by atoms with Crippen LogP contribution in [0.4, 0.5) is 0 Å². The molecule has 0 saturated carbocycles. The summed E-state index contributed by atoms with van der Waals surface area (Å²) in [4.78, 5) is 8.95. The van der Waals surface area contributed by atoms with Crippen LogP contribution in [0.15, 0.2) is 59.6 Å². The lowest BCUT2D eigenvalue weighted by molar-refractivity contribution is 0.602. The zero-order valence-electron chi connectivity index (χ0n) is 15.6. The van der Waals surface area contributed by atoms with Crippen molar-refractivity contribution in [1.82, 2.24) is 14.5 Å². The molecule has 0 radical (unpaired) electrons. The fourth-order valence-corrected chi connectivity index (χ4v) is 3.54. The van der Waals surface area contributed by atoms with Gasteiger partial charge in [-0.1, -0.05) is 52.0 Å². The van der Waals surface area contributed by atoms with Crippen molar-refractivity contribution in [3.63, 3.8) is 0 Å². The lowest BCUT2D eigenvalue weighted by Crippen LogP contribution is -2.07. The monoisotopic (exact) mass is 345 g/mol. The number of benzene rings is 2. The Morgan fingerprint density at radius 2 is 1.58 bits per heavy atom. The van der Waals surface area contributed by atoms with Gasteiger partial charge >= 0.3 is 0 Å². The summed E-state index contributed by atoms with van der Waals surface area (Å²) in [6.07, 6.45) is 5.38. The van der Waals surface area contributed by atoms with Crippen molar-refractivity contribution in [2.75, 3.05) is 0 Å². The molecule has 4 heteroatoms. The number of nitrogens with zero attached hydrogens (tertiary/aromatic N) is 3. The van der Waals surface area contributed by atoms with Crippen LogP contribution in [0.5, 0.6) is 0 Å². The molecule has 4 nitrogen and oxygen atoms in total. The Hall–Kier alpha value is -2.88. The Morgan fingerprint density at radius 3 is 2.27 bits per heavy atom. The molecule has 0 fully saturated rings. The molecule has 0 amide bonds. The van der Waals surface area contributed by atoms with Crippen LogP contribution < -0.4 is 0 Å². The Morgan fingerprint density at radius 1 is 0.885 bits per heavy atom. The molecule has 2 aromatic heterocycles. The van der Waals surface area contributed by atoms with Gasteiger partial charge < -0.3 is 4.42 Å². The van der Waals surface area contributed by atoms with E-state index in [1.165, 1.54) is 23.2 Å². The van der Waals surface area contributed by atoms with E-state index in [0.29, 0.717) is 11.8 Å². The summed E-state index contributed by atoms with van der Waals surface area (Å²) in [7, 11) is 0. The van der Waals surface area contributed by atoms with Gasteiger partial charge in [0.25, 0.3) is 0 Å². The lowest BCUT2D eigenvalue weighted by atomic mass is 9.92. The molecule has 4 rings (SSSR count). The van der Waals surface area contributed by atoms with E-state index in [0.717, 1.165) is 22.5 Å². The van der Waals surface area contributed by atoms with E-state index in [1.54, 1.807) is 0 Å². The van der Waals surface area contributed by atoms with Crippen molar-refractivity contribution in [1.29, 1.82) is 0 Å². The van der Waals surface area contributed by atoms with E-state index >= 15 is 0 Å². The number of rotatable bonds is 4. The van der Waals surface area contributed by atoms with E-state index in [2.05, 4.69) is 60.4 Å². The minimum Gasteiger partial charge on any atom is -0.443 e. The largest absolute Gasteiger partial charge is 0.443 e. The fraction of sp³-hybridized carbons (Fsp3) is 0.273. The molecule has 132 valence electrons. The van der Waals surface area contributed by atoms with Crippen molar-refractivity contribution >= 4 is 11.1 Å². The van der Waals surface area contributed by atoms with Gasteiger partial charge in [-0.25, -0.2) is 9.97 Å². The van der Waals surface area contributed by atoms with Crippen LogP contribution in [0.3, 0.4) is 0 Å². The third-order valence-electron chi connectivity index (χ3n) is 4.82. The van der Waals surface area contributed by atoms with E-state index < -0.39 is 0 Å². The van der Waals surface area contributed by atoms with Crippen molar-refractivity contribution < 1.29 is 4.42 Å². The molecule has 0 bridgehead atoms. The number of hydrogen-bond acceptors (Lipinski definition) is 3. The summed E-state index contributed by atoms with van der Waals surface area (Å²) in [6.45, 7) is 8.93. The van der Waals surface area contributed by atoms with Gasteiger partial charge in [0.2, 0.25) is 0 Å². The van der Waals surface area contributed by atoms with Gasteiger partial charge in [0, 0.05) is 12.4 Å². The van der Waals surface area contributed by atoms with E-state index in [4.69, 9.17) is 4.42 Å². The Bertz CT molecular complexity index is 1030. The minimum atomic E-state index is 0.417. The zero-order valence-corrected chi connectivity index (χ0v) is 15.6. The number of oxazole rings is 1. The average molecular weight is 345 g/mol. The van der Waals surface area contributed by atoms with Crippen LogP contribution in [-0.4, -0.2) is 14.5 Å². The van der Waals surface area contributed by atoms with Gasteiger partial charge in [-0.2, -0.15) is 0 Å². The fourth-order valence-electron chi connectivity index (χ4n) is 3.54. The third kappa shape index (κ3) is 2.62. The highest BCUT2D eigenvalue weighted by atomic mass is 16.3. The molecule has 0 aliphatic heterocycles. The Kier molecular flexibility index (Phi) is 4.11. The quantitative estimate of drug-likeness (QED) is 0.460. The summed E-state index contributed by atoms with van der Waals surface area (Å²) in [6, 6.07) is 12.6. The molecular formula is C22H23N3O. The van der Waals surface area contributed by atoms with Crippen LogP contribution in [0, 0.1) is 0 Å². The first-order valence-corrected chi connectivity index (χ1v) is 9.07. The molecule has 0 N–H and O–H groups in total. The van der Waals surface area contributed by atoms with Crippen LogP contribution in [0.1, 0.15) is 50.7 Å². The minimum absolute atomic E-state index is 0.417.